The summed E-state index contributed by atoms with van der Waals surface area (Å²) in [7, 11) is 1.44. The van der Waals surface area contributed by atoms with Gasteiger partial charge in [-0.3, -0.25) is 4.79 Å². The number of carbonyl (C=O) groups is 2. The quantitative estimate of drug-likeness (QED) is 0.369. The molecule has 0 radical (unpaired) electrons. The van der Waals surface area contributed by atoms with E-state index < -0.39 is 0 Å². The molecule has 0 aromatic heterocycles. The highest BCUT2D eigenvalue weighted by Gasteiger charge is 2.55. The molecule has 0 unspecified atom stereocenters. The molecule has 24 heavy (non-hydrogen) atoms. The van der Waals surface area contributed by atoms with Crippen molar-refractivity contribution in [3.63, 3.8) is 0 Å². The van der Waals surface area contributed by atoms with E-state index in [9.17, 15) is 9.59 Å². The Balaban J connectivity index is 1.86. The van der Waals surface area contributed by atoms with Crippen molar-refractivity contribution in [2.24, 2.45) is 0 Å². The second kappa shape index (κ2) is 8.97. The molecular formula is C18H32N2O3S. The van der Waals surface area contributed by atoms with Crippen molar-refractivity contribution >= 4 is 23.8 Å². The minimum Gasteiger partial charge on any atom is -0.469 e. The number of carbonyl (C=O) groups excluding carboxylic acids is 2. The van der Waals surface area contributed by atoms with Gasteiger partial charge in [0.25, 0.3) is 0 Å². The monoisotopic (exact) mass is 356 g/mol. The summed E-state index contributed by atoms with van der Waals surface area (Å²) < 4.78 is 4.70. The highest BCUT2D eigenvalue weighted by molar-refractivity contribution is 8.00. The molecule has 2 saturated heterocycles. The number of methoxy groups -OCH3 is 1. The normalized spacial score (nSPS) is 28.8. The molecule has 0 aromatic carbocycles. The van der Waals surface area contributed by atoms with Crippen LogP contribution >= 0.6 is 11.8 Å². The van der Waals surface area contributed by atoms with E-state index >= 15 is 0 Å². The van der Waals surface area contributed by atoms with E-state index in [1.165, 1.54) is 26.4 Å². The van der Waals surface area contributed by atoms with Crippen LogP contribution in [0, 0.1) is 0 Å². The fourth-order valence-electron chi connectivity index (χ4n) is 3.87. The lowest BCUT2D eigenvalue weighted by molar-refractivity contribution is -0.140. The molecule has 6 heteroatoms. The third-order valence-corrected chi connectivity index (χ3v) is 6.88. The van der Waals surface area contributed by atoms with Gasteiger partial charge < -0.3 is 15.0 Å². The molecule has 3 atom stereocenters. The number of hydrogen-bond donors (Lipinski definition) is 1. The van der Waals surface area contributed by atoms with Gasteiger partial charge in [-0.1, -0.05) is 32.6 Å². The predicted octanol–water partition coefficient (Wildman–Crippen LogP) is 3.57. The number of esters is 1. The maximum atomic E-state index is 12.4. The summed E-state index contributed by atoms with van der Waals surface area (Å²) in [6, 6.07) is 0.397. The van der Waals surface area contributed by atoms with Crippen LogP contribution in [0.4, 0.5) is 4.79 Å². The fourth-order valence-corrected chi connectivity index (χ4v) is 5.64. The first kappa shape index (κ1) is 19.4. The van der Waals surface area contributed by atoms with Crippen molar-refractivity contribution in [2.75, 3.05) is 19.4 Å². The van der Waals surface area contributed by atoms with Gasteiger partial charge in [0.15, 0.2) is 0 Å². The topological polar surface area (TPSA) is 58.6 Å². The molecule has 0 aromatic rings. The van der Waals surface area contributed by atoms with E-state index in [1.807, 2.05) is 11.8 Å². The van der Waals surface area contributed by atoms with E-state index in [2.05, 4.69) is 24.1 Å². The molecule has 1 N–H and O–H groups in total. The zero-order valence-corrected chi connectivity index (χ0v) is 16.1. The maximum Gasteiger partial charge on any atom is 0.318 e. The standard InChI is InChI=1S/C18H32N2O3S/c1-4-5-6-9-12-20-16-14(10-7-8-11-15(21)23-3)24-13-18(16,2)19-17(20)22/h14,16H,4-13H2,1-3H3,(H,19,22)/t14-,16+,18-/m0/s1. The minimum atomic E-state index is -0.130. The Kier molecular flexibility index (Phi) is 7.26. The molecule has 2 aliphatic rings. The van der Waals surface area contributed by atoms with E-state index in [4.69, 9.17) is 4.74 Å². The number of rotatable bonds is 10. The van der Waals surface area contributed by atoms with Gasteiger partial charge >= 0.3 is 12.0 Å². The van der Waals surface area contributed by atoms with Gasteiger partial charge in [-0.05, 0) is 26.2 Å². The van der Waals surface area contributed by atoms with Crippen molar-refractivity contribution in [2.45, 2.75) is 82.0 Å². The van der Waals surface area contributed by atoms with E-state index in [0.717, 1.165) is 38.0 Å². The summed E-state index contributed by atoms with van der Waals surface area (Å²) in [6.07, 6.45) is 8.17. The first-order valence-corrected chi connectivity index (χ1v) is 10.3. The van der Waals surface area contributed by atoms with Crippen molar-refractivity contribution in [1.82, 2.24) is 10.2 Å². The van der Waals surface area contributed by atoms with Gasteiger partial charge in [-0.25, -0.2) is 4.79 Å². The number of amides is 2. The molecule has 2 aliphatic heterocycles. The van der Waals surface area contributed by atoms with Crippen LogP contribution in [0.5, 0.6) is 0 Å². The lowest BCUT2D eigenvalue weighted by atomic mass is 9.90. The van der Waals surface area contributed by atoms with Gasteiger partial charge in [0.05, 0.1) is 18.7 Å². The van der Waals surface area contributed by atoms with E-state index in [-0.39, 0.29) is 23.6 Å². The average Bonchev–Trinajstić information content (AvgIpc) is 3.00. The third-order valence-electron chi connectivity index (χ3n) is 5.19. The Labute approximate surface area is 150 Å². The van der Waals surface area contributed by atoms with Crippen molar-refractivity contribution in [3.05, 3.63) is 0 Å². The maximum absolute atomic E-state index is 12.4. The Morgan fingerprint density at radius 3 is 2.83 bits per heavy atom. The molecule has 0 saturated carbocycles. The third kappa shape index (κ3) is 4.58. The summed E-state index contributed by atoms with van der Waals surface area (Å²) in [5.74, 6) is 0.852. The number of urea groups is 1. The molecule has 2 heterocycles. The van der Waals surface area contributed by atoms with Crippen molar-refractivity contribution in [3.8, 4) is 0 Å². The van der Waals surface area contributed by atoms with Gasteiger partial charge in [0.2, 0.25) is 0 Å². The van der Waals surface area contributed by atoms with Crippen LogP contribution in [0.1, 0.15) is 65.2 Å². The van der Waals surface area contributed by atoms with Gasteiger partial charge in [0, 0.05) is 24.0 Å². The van der Waals surface area contributed by atoms with Gasteiger partial charge in [-0.15, -0.1) is 0 Å². The Morgan fingerprint density at radius 2 is 2.12 bits per heavy atom. The highest BCUT2D eigenvalue weighted by atomic mass is 32.2. The zero-order valence-electron chi connectivity index (χ0n) is 15.3. The van der Waals surface area contributed by atoms with Crippen molar-refractivity contribution < 1.29 is 14.3 Å². The summed E-state index contributed by atoms with van der Waals surface area (Å²) in [6.45, 7) is 5.26. The number of fused-ring (bicyclic) bond motifs is 1. The van der Waals surface area contributed by atoms with E-state index in [0.29, 0.717) is 11.7 Å². The Morgan fingerprint density at radius 1 is 1.33 bits per heavy atom. The van der Waals surface area contributed by atoms with Crippen LogP contribution in [0.15, 0.2) is 0 Å². The molecule has 0 spiro atoms. The lowest BCUT2D eigenvalue weighted by Crippen LogP contribution is -2.48. The molecule has 138 valence electrons. The summed E-state index contributed by atoms with van der Waals surface area (Å²) in [4.78, 5) is 25.7. The molecule has 0 bridgehead atoms. The fraction of sp³-hybridized carbons (Fsp3) is 0.889. The second-order valence-corrected chi connectivity index (χ2v) is 8.45. The van der Waals surface area contributed by atoms with Crippen molar-refractivity contribution in [1.29, 1.82) is 0 Å². The number of nitrogens with zero attached hydrogens (tertiary/aromatic N) is 1. The van der Waals surface area contributed by atoms with Crippen LogP contribution < -0.4 is 5.32 Å². The van der Waals surface area contributed by atoms with Crippen LogP contribution in [0.2, 0.25) is 0 Å². The highest BCUT2D eigenvalue weighted by Crippen LogP contribution is 2.43. The first-order valence-electron chi connectivity index (χ1n) is 9.29. The van der Waals surface area contributed by atoms with Gasteiger partial charge in [-0.2, -0.15) is 11.8 Å². The van der Waals surface area contributed by atoms with Crippen LogP contribution in [0.3, 0.4) is 0 Å². The van der Waals surface area contributed by atoms with Crippen LogP contribution in [0.25, 0.3) is 0 Å². The zero-order chi connectivity index (χ0) is 17.6. The number of ether oxygens (including phenoxy) is 1. The molecule has 2 amide bonds. The SMILES string of the molecule is CCCCCCN1C(=O)N[C@@]2(C)CS[C@@H](CCCCC(=O)OC)[C@@H]12. The molecule has 2 fully saturated rings. The van der Waals surface area contributed by atoms with Crippen LogP contribution in [-0.2, 0) is 9.53 Å². The minimum absolute atomic E-state index is 0.0977. The summed E-state index contributed by atoms with van der Waals surface area (Å²) in [5, 5.41) is 3.69. The lowest BCUT2D eigenvalue weighted by Gasteiger charge is -2.30. The molecule has 2 rings (SSSR count). The average molecular weight is 357 g/mol. The largest absolute Gasteiger partial charge is 0.469 e. The molecule has 5 nitrogen and oxygen atoms in total. The number of nitrogens with one attached hydrogen (secondary N) is 1. The predicted molar refractivity (Wildman–Crippen MR) is 98.3 cm³/mol. The smallest absolute Gasteiger partial charge is 0.318 e. The number of thioether (sulfide) groups is 1. The van der Waals surface area contributed by atoms with E-state index in [1.54, 1.807) is 0 Å². The van der Waals surface area contributed by atoms with Gasteiger partial charge in [0.1, 0.15) is 0 Å². The summed E-state index contributed by atoms with van der Waals surface area (Å²) >= 11 is 1.97. The Hall–Kier alpha value is -0.910. The number of hydrogen-bond acceptors (Lipinski definition) is 4. The number of unbranched alkanes of at least 4 members (excludes halogenated alkanes) is 4. The second-order valence-electron chi connectivity index (χ2n) is 7.22. The molecule has 0 aliphatic carbocycles. The first-order chi connectivity index (χ1) is 11.5. The van der Waals surface area contributed by atoms with Crippen LogP contribution in [-0.4, -0.2) is 53.1 Å². The Bertz CT molecular complexity index is 446. The summed E-state index contributed by atoms with van der Waals surface area (Å²) in [5.41, 5.74) is -0.0977. The molecular weight excluding hydrogens is 324 g/mol.